The Morgan fingerprint density at radius 3 is 2.68 bits per heavy atom. The number of benzene rings is 1. The molecule has 1 heterocycles. The number of unbranched alkanes of at least 4 members (excludes halogenated alkanes) is 6. The van der Waals surface area contributed by atoms with Gasteiger partial charge in [0.15, 0.2) is 0 Å². The summed E-state index contributed by atoms with van der Waals surface area (Å²) in [6, 6.07) is 6.72. The molecule has 0 aliphatic carbocycles. The quantitative estimate of drug-likeness (QED) is 0.428. The van der Waals surface area contributed by atoms with Gasteiger partial charge in [0.05, 0.1) is 0 Å². The van der Waals surface area contributed by atoms with E-state index >= 15 is 0 Å². The van der Waals surface area contributed by atoms with Crippen molar-refractivity contribution in [2.24, 2.45) is 0 Å². The van der Waals surface area contributed by atoms with Crippen LogP contribution < -0.4 is 4.74 Å². The van der Waals surface area contributed by atoms with Crippen molar-refractivity contribution in [3.63, 3.8) is 0 Å². The summed E-state index contributed by atoms with van der Waals surface area (Å²) in [5.41, 5.74) is 2.78. The first kappa shape index (κ1) is 17.1. The van der Waals surface area contributed by atoms with Crippen molar-refractivity contribution in [3.8, 4) is 5.75 Å². The van der Waals surface area contributed by atoms with E-state index in [9.17, 15) is 0 Å². The minimum Gasteiger partial charge on any atom is -0.478 e. The van der Waals surface area contributed by atoms with Crippen LogP contribution in [0.25, 0.3) is 0 Å². The van der Waals surface area contributed by atoms with Crippen molar-refractivity contribution in [2.45, 2.75) is 64.8 Å². The fourth-order valence-corrected chi connectivity index (χ4v) is 3.09. The third kappa shape index (κ3) is 5.49. The van der Waals surface area contributed by atoms with E-state index in [0.717, 1.165) is 18.8 Å². The largest absolute Gasteiger partial charge is 0.478 e. The second kappa shape index (κ2) is 9.68. The van der Waals surface area contributed by atoms with Crippen molar-refractivity contribution < 1.29 is 4.74 Å². The summed E-state index contributed by atoms with van der Waals surface area (Å²) in [7, 11) is 0. The predicted octanol–water partition coefficient (Wildman–Crippen LogP) is 5.32. The lowest BCUT2D eigenvalue weighted by Gasteiger charge is -2.28. The van der Waals surface area contributed by atoms with Crippen LogP contribution in [0.4, 0.5) is 0 Å². The topological polar surface area (TPSA) is 12.5 Å². The number of nitrogens with zero attached hydrogens (tertiary/aromatic N) is 1. The summed E-state index contributed by atoms with van der Waals surface area (Å²) in [6.45, 7) is 8.63. The maximum atomic E-state index is 5.80. The number of aryl methyl sites for hydroxylation is 1. The molecule has 0 atom stereocenters. The molecule has 0 N–H and O–H groups in total. The molecule has 2 nitrogen and oxygen atoms in total. The van der Waals surface area contributed by atoms with E-state index in [1.807, 2.05) is 6.08 Å². The van der Waals surface area contributed by atoms with Gasteiger partial charge in [-0.2, -0.15) is 0 Å². The molecule has 1 aliphatic heterocycles. The Labute approximate surface area is 136 Å². The third-order valence-electron chi connectivity index (χ3n) is 4.38. The van der Waals surface area contributed by atoms with Crippen LogP contribution in [-0.4, -0.2) is 18.2 Å². The summed E-state index contributed by atoms with van der Waals surface area (Å²) in [5.74, 6) is 1.06. The SMILES string of the molecule is C=CCN1COc2ccc(CCCCCCCCC)cc2C1. The van der Waals surface area contributed by atoms with E-state index in [4.69, 9.17) is 4.74 Å². The molecule has 0 bridgehead atoms. The van der Waals surface area contributed by atoms with Gasteiger partial charge in [0, 0.05) is 18.7 Å². The molecule has 2 heteroatoms. The number of rotatable bonds is 10. The molecule has 0 aromatic heterocycles. The van der Waals surface area contributed by atoms with E-state index in [-0.39, 0.29) is 0 Å². The van der Waals surface area contributed by atoms with Crippen LogP contribution in [0.2, 0.25) is 0 Å². The van der Waals surface area contributed by atoms with Crippen molar-refractivity contribution in [3.05, 3.63) is 42.0 Å². The van der Waals surface area contributed by atoms with Gasteiger partial charge in [0.1, 0.15) is 12.5 Å². The Balaban J connectivity index is 1.74. The lowest BCUT2D eigenvalue weighted by atomic mass is 10.0. The van der Waals surface area contributed by atoms with E-state index < -0.39 is 0 Å². The smallest absolute Gasteiger partial charge is 0.142 e. The van der Waals surface area contributed by atoms with E-state index in [2.05, 4.69) is 36.6 Å². The van der Waals surface area contributed by atoms with Crippen LogP contribution in [0.5, 0.6) is 5.75 Å². The summed E-state index contributed by atoms with van der Waals surface area (Å²) in [4.78, 5) is 2.27. The van der Waals surface area contributed by atoms with Crippen LogP contribution in [-0.2, 0) is 13.0 Å². The van der Waals surface area contributed by atoms with Crippen LogP contribution in [0.3, 0.4) is 0 Å². The zero-order valence-corrected chi connectivity index (χ0v) is 14.2. The lowest BCUT2D eigenvalue weighted by molar-refractivity contribution is 0.107. The summed E-state index contributed by atoms with van der Waals surface area (Å²) in [5, 5.41) is 0. The predicted molar refractivity (Wildman–Crippen MR) is 94.2 cm³/mol. The molecule has 0 saturated carbocycles. The lowest BCUT2D eigenvalue weighted by Crippen LogP contribution is -2.32. The maximum absolute atomic E-state index is 5.80. The number of ether oxygens (including phenoxy) is 1. The van der Waals surface area contributed by atoms with Crippen LogP contribution >= 0.6 is 0 Å². The normalized spacial score (nSPS) is 14.4. The highest BCUT2D eigenvalue weighted by Gasteiger charge is 2.16. The zero-order chi connectivity index (χ0) is 15.6. The molecule has 1 aliphatic rings. The highest BCUT2D eigenvalue weighted by molar-refractivity contribution is 5.38. The Morgan fingerprint density at radius 2 is 1.91 bits per heavy atom. The molecule has 22 heavy (non-hydrogen) atoms. The molecule has 0 amide bonds. The van der Waals surface area contributed by atoms with Crippen molar-refractivity contribution in [2.75, 3.05) is 13.3 Å². The van der Waals surface area contributed by atoms with Gasteiger partial charge >= 0.3 is 0 Å². The van der Waals surface area contributed by atoms with Gasteiger partial charge in [0.25, 0.3) is 0 Å². The first-order valence-corrected chi connectivity index (χ1v) is 8.91. The minimum absolute atomic E-state index is 0.677. The zero-order valence-electron chi connectivity index (χ0n) is 14.2. The highest BCUT2D eigenvalue weighted by atomic mass is 16.5. The number of hydrogen-bond donors (Lipinski definition) is 0. The second-order valence-corrected chi connectivity index (χ2v) is 6.39. The molecule has 0 spiro atoms. The van der Waals surface area contributed by atoms with Gasteiger partial charge in [-0.15, -0.1) is 6.58 Å². The molecule has 1 aromatic carbocycles. The van der Waals surface area contributed by atoms with Crippen LogP contribution in [0.15, 0.2) is 30.9 Å². The Bertz CT molecular complexity index is 455. The van der Waals surface area contributed by atoms with E-state index in [0.29, 0.717) is 6.73 Å². The molecule has 0 radical (unpaired) electrons. The van der Waals surface area contributed by atoms with Gasteiger partial charge < -0.3 is 4.74 Å². The molecule has 0 fully saturated rings. The van der Waals surface area contributed by atoms with Gasteiger partial charge in [-0.05, 0) is 24.5 Å². The maximum Gasteiger partial charge on any atom is 0.142 e. The van der Waals surface area contributed by atoms with Crippen molar-refractivity contribution >= 4 is 0 Å². The van der Waals surface area contributed by atoms with Crippen LogP contribution in [0.1, 0.15) is 63.0 Å². The van der Waals surface area contributed by atoms with E-state index in [1.54, 1.807) is 0 Å². The Morgan fingerprint density at radius 1 is 1.14 bits per heavy atom. The van der Waals surface area contributed by atoms with Gasteiger partial charge in [0.2, 0.25) is 0 Å². The molecule has 0 unspecified atom stereocenters. The minimum atomic E-state index is 0.677. The Hall–Kier alpha value is -1.28. The van der Waals surface area contributed by atoms with Gasteiger partial charge in [-0.25, -0.2) is 0 Å². The number of fused-ring (bicyclic) bond motifs is 1. The molecule has 0 saturated heterocycles. The molecular weight excluding hydrogens is 270 g/mol. The van der Waals surface area contributed by atoms with Gasteiger partial charge in [-0.1, -0.05) is 63.7 Å². The summed E-state index contributed by atoms with van der Waals surface area (Å²) < 4.78 is 5.80. The molecule has 2 rings (SSSR count). The van der Waals surface area contributed by atoms with Gasteiger partial charge in [-0.3, -0.25) is 4.90 Å². The standard InChI is InChI=1S/C20H31NO/c1-3-5-6-7-8-9-10-11-18-12-13-20-19(15-18)16-21(14-4-2)17-22-20/h4,12-13,15H,2-3,5-11,14,16-17H2,1H3. The fourth-order valence-electron chi connectivity index (χ4n) is 3.09. The van der Waals surface area contributed by atoms with Crippen molar-refractivity contribution in [1.82, 2.24) is 4.90 Å². The number of hydrogen-bond acceptors (Lipinski definition) is 2. The fraction of sp³-hybridized carbons (Fsp3) is 0.600. The first-order valence-electron chi connectivity index (χ1n) is 8.91. The highest BCUT2D eigenvalue weighted by Crippen LogP contribution is 2.26. The average Bonchev–Trinajstić information content (AvgIpc) is 2.54. The third-order valence-corrected chi connectivity index (χ3v) is 4.38. The summed E-state index contributed by atoms with van der Waals surface area (Å²) >= 11 is 0. The van der Waals surface area contributed by atoms with E-state index in [1.165, 1.54) is 62.5 Å². The molecule has 122 valence electrons. The monoisotopic (exact) mass is 301 g/mol. The summed E-state index contributed by atoms with van der Waals surface area (Å²) in [6.07, 6.45) is 12.7. The second-order valence-electron chi connectivity index (χ2n) is 6.39. The van der Waals surface area contributed by atoms with Crippen LogP contribution in [0, 0.1) is 0 Å². The van der Waals surface area contributed by atoms with Crippen molar-refractivity contribution in [1.29, 1.82) is 0 Å². The molecular formula is C20H31NO. The first-order chi connectivity index (χ1) is 10.8. The average molecular weight is 301 g/mol. The molecule has 1 aromatic rings. The Kier molecular flexibility index (Phi) is 7.51.